The number of ketones is 1. The van der Waals surface area contributed by atoms with Crippen molar-refractivity contribution in [2.75, 3.05) is 5.73 Å². The molecule has 3 aromatic heterocycles. The maximum Gasteiger partial charge on any atom is 0.211 e. The van der Waals surface area contributed by atoms with E-state index in [2.05, 4.69) is 9.97 Å². The Morgan fingerprint density at radius 3 is 2.64 bits per heavy atom. The number of carbonyl (C=O) groups excluding carboxylic acids is 1. The van der Waals surface area contributed by atoms with Crippen molar-refractivity contribution in [1.29, 1.82) is 0 Å². The Labute approximate surface area is 144 Å². The summed E-state index contributed by atoms with van der Waals surface area (Å²) in [6.07, 6.45) is 7.11. The fourth-order valence-electron chi connectivity index (χ4n) is 2.89. The Kier molecular flexibility index (Phi) is 3.54. The molecule has 0 unspecified atom stereocenters. The molecule has 0 atom stereocenters. The lowest BCUT2D eigenvalue weighted by molar-refractivity contribution is 0.103. The molecule has 4 rings (SSSR count). The fraction of sp³-hybridized carbons (Fsp3) is 0.0500. The highest BCUT2D eigenvalue weighted by Crippen LogP contribution is 2.25. The van der Waals surface area contributed by atoms with Gasteiger partial charge in [0.05, 0.1) is 6.20 Å². The van der Waals surface area contributed by atoms with Gasteiger partial charge in [-0.05, 0) is 48.9 Å². The number of anilines is 1. The van der Waals surface area contributed by atoms with Crippen LogP contribution < -0.4 is 5.73 Å². The Morgan fingerprint density at radius 1 is 1.12 bits per heavy atom. The topological polar surface area (TPSA) is 73.3 Å². The summed E-state index contributed by atoms with van der Waals surface area (Å²) in [6.45, 7) is 2.03. The van der Waals surface area contributed by atoms with Crippen LogP contribution in [0.15, 0.2) is 67.3 Å². The van der Waals surface area contributed by atoms with Crippen molar-refractivity contribution in [3.05, 3.63) is 84.1 Å². The van der Waals surface area contributed by atoms with Crippen LogP contribution in [0.5, 0.6) is 0 Å². The zero-order valence-corrected chi connectivity index (χ0v) is 13.7. The molecule has 4 aromatic rings. The quantitative estimate of drug-likeness (QED) is 0.461. The number of carbonyl (C=O) groups is 1. The van der Waals surface area contributed by atoms with Gasteiger partial charge in [0.1, 0.15) is 11.3 Å². The highest BCUT2D eigenvalue weighted by molar-refractivity contribution is 6.08. The van der Waals surface area contributed by atoms with Crippen LogP contribution >= 0.6 is 0 Å². The zero-order chi connectivity index (χ0) is 17.4. The minimum absolute atomic E-state index is 0.0894. The first-order valence-corrected chi connectivity index (χ1v) is 7.92. The van der Waals surface area contributed by atoms with Gasteiger partial charge in [0.2, 0.25) is 5.78 Å². The molecule has 0 aliphatic carbocycles. The van der Waals surface area contributed by atoms with Gasteiger partial charge >= 0.3 is 0 Å². The Balaban J connectivity index is 1.86. The summed E-state index contributed by atoms with van der Waals surface area (Å²) >= 11 is 0. The number of imidazole rings is 1. The van der Waals surface area contributed by atoms with Crippen LogP contribution in [0.3, 0.4) is 0 Å². The maximum absolute atomic E-state index is 12.9. The van der Waals surface area contributed by atoms with Crippen LogP contribution in [-0.2, 0) is 0 Å². The van der Waals surface area contributed by atoms with E-state index in [1.54, 1.807) is 36.7 Å². The third-order valence-electron chi connectivity index (χ3n) is 4.23. The lowest BCUT2D eigenvalue weighted by Crippen LogP contribution is -2.06. The molecule has 25 heavy (non-hydrogen) atoms. The first-order chi connectivity index (χ1) is 12.1. The fourth-order valence-corrected chi connectivity index (χ4v) is 2.89. The first kappa shape index (κ1) is 15.1. The number of nitrogen functional groups attached to an aromatic ring is 1. The third kappa shape index (κ3) is 2.65. The molecule has 2 N–H and O–H groups in total. The molecule has 122 valence electrons. The number of nitrogens with two attached hydrogens (primary N) is 1. The SMILES string of the molecule is Cc1cc2ncc(C(=O)c3ccc(N)cc3)n2cc1-c1cccnc1. The van der Waals surface area contributed by atoms with Crippen LogP contribution in [-0.4, -0.2) is 20.2 Å². The van der Waals surface area contributed by atoms with E-state index in [0.717, 1.165) is 22.3 Å². The van der Waals surface area contributed by atoms with E-state index in [0.29, 0.717) is 16.9 Å². The average molecular weight is 328 g/mol. The van der Waals surface area contributed by atoms with Gasteiger partial charge in [-0.25, -0.2) is 4.98 Å². The summed E-state index contributed by atoms with van der Waals surface area (Å²) in [5.41, 5.74) is 11.3. The second-order valence-corrected chi connectivity index (χ2v) is 5.93. The van der Waals surface area contributed by atoms with Crippen molar-refractivity contribution < 1.29 is 4.79 Å². The van der Waals surface area contributed by atoms with E-state index in [9.17, 15) is 4.79 Å². The summed E-state index contributed by atoms with van der Waals surface area (Å²) in [5.74, 6) is -0.0894. The molecule has 0 aliphatic rings. The molecule has 0 bridgehead atoms. The van der Waals surface area contributed by atoms with Gasteiger partial charge in [-0.3, -0.25) is 14.2 Å². The van der Waals surface area contributed by atoms with E-state index >= 15 is 0 Å². The third-order valence-corrected chi connectivity index (χ3v) is 4.23. The Hall–Kier alpha value is -3.47. The average Bonchev–Trinajstić information content (AvgIpc) is 3.04. The van der Waals surface area contributed by atoms with E-state index in [-0.39, 0.29) is 5.78 Å². The summed E-state index contributed by atoms with van der Waals surface area (Å²) in [7, 11) is 0. The number of hydrogen-bond donors (Lipinski definition) is 1. The molecule has 0 saturated heterocycles. The number of pyridine rings is 2. The number of hydrogen-bond acceptors (Lipinski definition) is 4. The normalized spacial score (nSPS) is 10.9. The minimum atomic E-state index is -0.0894. The molecular weight excluding hydrogens is 312 g/mol. The predicted molar refractivity (Wildman–Crippen MR) is 97.4 cm³/mol. The first-order valence-electron chi connectivity index (χ1n) is 7.92. The smallest absolute Gasteiger partial charge is 0.211 e. The predicted octanol–water partition coefficient (Wildman–Crippen LogP) is 3.52. The van der Waals surface area contributed by atoms with Crippen molar-refractivity contribution in [2.24, 2.45) is 0 Å². The molecule has 1 aromatic carbocycles. The second kappa shape index (κ2) is 5.87. The van der Waals surface area contributed by atoms with Crippen molar-refractivity contribution in [3.8, 4) is 11.1 Å². The van der Waals surface area contributed by atoms with Crippen molar-refractivity contribution >= 4 is 17.1 Å². The molecule has 5 heteroatoms. The molecule has 0 aliphatic heterocycles. The highest BCUT2D eigenvalue weighted by Gasteiger charge is 2.16. The second-order valence-electron chi connectivity index (χ2n) is 5.93. The van der Waals surface area contributed by atoms with Crippen LogP contribution in [0.2, 0.25) is 0 Å². The molecule has 3 heterocycles. The van der Waals surface area contributed by atoms with Gasteiger partial charge in [-0.1, -0.05) is 6.07 Å². The van der Waals surface area contributed by atoms with E-state index in [4.69, 9.17) is 5.73 Å². The van der Waals surface area contributed by atoms with E-state index in [1.165, 1.54) is 0 Å². The maximum atomic E-state index is 12.9. The summed E-state index contributed by atoms with van der Waals surface area (Å²) in [4.78, 5) is 21.4. The lowest BCUT2D eigenvalue weighted by atomic mass is 10.0. The largest absolute Gasteiger partial charge is 0.399 e. The molecule has 0 radical (unpaired) electrons. The molecule has 5 nitrogen and oxygen atoms in total. The van der Waals surface area contributed by atoms with Gasteiger partial charge in [-0.15, -0.1) is 0 Å². The van der Waals surface area contributed by atoms with Gasteiger partial charge in [-0.2, -0.15) is 0 Å². The number of fused-ring (bicyclic) bond motifs is 1. The zero-order valence-electron chi connectivity index (χ0n) is 13.7. The van der Waals surface area contributed by atoms with Gasteiger partial charge < -0.3 is 5.73 Å². The molecule has 0 spiro atoms. The molecular formula is C20H16N4O. The number of aryl methyl sites for hydroxylation is 1. The van der Waals surface area contributed by atoms with E-state index < -0.39 is 0 Å². The summed E-state index contributed by atoms with van der Waals surface area (Å²) in [5, 5.41) is 0. The lowest BCUT2D eigenvalue weighted by Gasteiger charge is -2.09. The Bertz CT molecular complexity index is 1070. The number of aromatic nitrogens is 3. The van der Waals surface area contributed by atoms with Crippen molar-refractivity contribution in [2.45, 2.75) is 6.92 Å². The molecule has 0 amide bonds. The van der Waals surface area contributed by atoms with Gasteiger partial charge in [0, 0.05) is 41.0 Å². The summed E-state index contributed by atoms with van der Waals surface area (Å²) in [6, 6.07) is 12.8. The summed E-state index contributed by atoms with van der Waals surface area (Å²) < 4.78 is 1.83. The van der Waals surface area contributed by atoms with Crippen LogP contribution in [0, 0.1) is 6.92 Å². The van der Waals surface area contributed by atoms with Gasteiger partial charge in [0.15, 0.2) is 0 Å². The monoisotopic (exact) mass is 328 g/mol. The molecule has 0 saturated carbocycles. The van der Waals surface area contributed by atoms with Gasteiger partial charge in [0.25, 0.3) is 0 Å². The minimum Gasteiger partial charge on any atom is -0.399 e. The van der Waals surface area contributed by atoms with Crippen molar-refractivity contribution in [1.82, 2.24) is 14.4 Å². The van der Waals surface area contributed by atoms with E-state index in [1.807, 2.05) is 41.9 Å². The van der Waals surface area contributed by atoms with Crippen LogP contribution in [0.25, 0.3) is 16.8 Å². The number of benzene rings is 1. The van der Waals surface area contributed by atoms with Crippen molar-refractivity contribution in [3.63, 3.8) is 0 Å². The standard InChI is InChI=1S/C20H16N4O/c1-13-9-19-23-11-18(20(25)14-4-6-16(21)7-5-14)24(19)12-17(13)15-3-2-8-22-10-15/h2-12H,21H2,1H3. The van der Waals surface area contributed by atoms with Crippen LogP contribution in [0.4, 0.5) is 5.69 Å². The van der Waals surface area contributed by atoms with Crippen LogP contribution in [0.1, 0.15) is 21.6 Å². The number of rotatable bonds is 3. The highest BCUT2D eigenvalue weighted by atomic mass is 16.1. The molecule has 0 fully saturated rings. The Morgan fingerprint density at radius 2 is 1.92 bits per heavy atom. The number of nitrogens with zero attached hydrogens (tertiary/aromatic N) is 3.